The minimum Gasteiger partial charge on any atom is -0.481 e. The Bertz CT molecular complexity index is 418. The second kappa shape index (κ2) is 6.47. The van der Waals surface area contributed by atoms with Crippen molar-refractivity contribution in [3.63, 3.8) is 0 Å². The van der Waals surface area contributed by atoms with Gasteiger partial charge in [-0.1, -0.05) is 38.0 Å². The zero-order valence-corrected chi connectivity index (χ0v) is 12.3. The van der Waals surface area contributed by atoms with Crippen LogP contribution in [0.1, 0.15) is 39.0 Å². The van der Waals surface area contributed by atoms with Crippen molar-refractivity contribution in [2.24, 2.45) is 11.3 Å². The fourth-order valence-corrected chi connectivity index (χ4v) is 4.15. The molecule has 2 unspecified atom stereocenters. The fraction of sp³-hybridized carbons (Fsp3) is 0.562. The summed E-state index contributed by atoms with van der Waals surface area (Å²) in [4.78, 5) is 12.9. The summed E-state index contributed by atoms with van der Waals surface area (Å²) in [6.07, 6.45) is 4.72. The second-order valence-corrected chi connectivity index (χ2v) is 6.87. The van der Waals surface area contributed by atoms with E-state index in [2.05, 4.69) is 19.1 Å². The summed E-state index contributed by atoms with van der Waals surface area (Å²) >= 11 is 1.77. The van der Waals surface area contributed by atoms with Crippen molar-refractivity contribution in [3.8, 4) is 0 Å². The van der Waals surface area contributed by atoms with E-state index in [1.54, 1.807) is 11.8 Å². The molecule has 1 aromatic carbocycles. The molecular weight excluding hydrogens is 256 g/mol. The molecule has 2 rings (SSSR count). The molecule has 0 amide bonds. The van der Waals surface area contributed by atoms with Gasteiger partial charge in [0.1, 0.15) is 0 Å². The third-order valence-corrected chi connectivity index (χ3v) is 5.15. The lowest BCUT2D eigenvalue weighted by Crippen LogP contribution is -2.36. The Morgan fingerprint density at radius 2 is 2.16 bits per heavy atom. The normalized spacial score (nSPS) is 27.1. The van der Waals surface area contributed by atoms with E-state index < -0.39 is 11.4 Å². The predicted octanol–water partition coefficient (Wildman–Crippen LogP) is 4.45. The van der Waals surface area contributed by atoms with Crippen LogP contribution in [0, 0.1) is 11.3 Å². The maximum atomic E-state index is 11.7. The smallest absolute Gasteiger partial charge is 0.309 e. The minimum atomic E-state index is -0.590. The molecule has 1 aliphatic carbocycles. The van der Waals surface area contributed by atoms with Gasteiger partial charge in [0.2, 0.25) is 0 Å². The number of carboxylic acids is 1. The summed E-state index contributed by atoms with van der Waals surface area (Å²) in [7, 11) is 0. The van der Waals surface area contributed by atoms with E-state index >= 15 is 0 Å². The highest BCUT2D eigenvalue weighted by atomic mass is 32.2. The van der Waals surface area contributed by atoms with Crippen molar-refractivity contribution < 1.29 is 9.90 Å². The highest BCUT2D eigenvalue weighted by molar-refractivity contribution is 7.99. The van der Waals surface area contributed by atoms with E-state index in [4.69, 9.17) is 0 Å². The van der Waals surface area contributed by atoms with Crippen LogP contribution >= 0.6 is 11.8 Å². The van der Waals surface area contributed by atoms with E-state index in [-0.39, 0.29) is 0 Å². The Kier molecular flexibility index (Phi) is 4.92. The topological polar surface area (TPSA) is 37.3 Å². The molecule has 0 radical (unpaired) electrons. The molecule has 1 aromatic rings. The number of thioether (sulfide) groups is 1. The first kappa shape index (κ1) is 14.4. The zero-order chi connectivity index (χ0) is 13.7. The second-order valence-electron chi connectivity index (χ2n) is 5.70. The number of carbonyl (C=O) groups is 1. The molecule has 104 valence electrons. The van der Waals surface area contributed by atoms with Crippen LogP contribution in [0.4, 0.5) is 0 Å². The van der Waals surface area contributed by atoms with Crippen LogP contribution in [0.25, 0.3) is 0 Å². The first-order valence-corrected chi connectivity index (χ1v) is 8.02. The average molecular weight is 278 g/mol. The molecule has 0 spiro atoms. The Morgan fingerprint density at radius 3 is 2.79 bits per heavy atom. The lowest BCUT2D eigenvalue weighted by atomic mass is 9.68. The van der Waals surface area contributed by atoms with Gasteiger partial charge in [-0.05, 0) is 43.1 Å². The van der Waals surface area contributed by atoms with E-state index in [1.165, 1.54) is 11.3 Å². The van der Waals surface area contributed by atoms with Gasteiger partial charge in [-0.15, -0.1) is 11.8 Å². The van der Waals surface area contributed by atoms with Gasteiger partial charge in [0.05, 0.1) is 5.41 Å². The molecule has 1 N–H and O–H groups in total. The van der Waals surface area contributed by atoms with Crippen molar-refractivity contribution in [1.29, 1.82) is 0 Å². The van der Waals surface area contributed by atoms with Gasteiger partial charge >= 0.3 is 5.97 Å². The summed E-state index contributed by atoms with van der Waals surface area (Å²) in [5.41, 5.74) is -0.473. The van der Waals surface area contributed by atoms with Crippen LogP contribution in [-0.4, -0.2) is 16.8 Å². The molecule has 2 nitrogen and oxygen atoms in total. The van der Waals surface area contributed by atoms with Gasteiger partial charge in [0.25, 0.3) is 0 Å². The molecule has 0 aromatic heterocycles. The molecule has 0 aliphatic heterocycles. The number of hydrogen-bond acceptors (Lipinski definition) is 2. The lowest BCUT2D eigenvalue weighted by Gasteiger charge is -2.36. The Hall–Kier alpha value is -0.960. The van der Waals surface area contributed by atoms with Gasteiger partial charge in [0.15, 0.2) is 0 Å². The summed E-state index contributed by atoms with van der Waals surface area (Å²) in [5.74, 6) is 0.850. The quantitative estimate of drug-likeness (QED) is 0.808. The molecule has 1 fully saturated rings. The maximum absolute atomic E-state index is 11.7. The summed E-state index contributed by atoms with van der Waals surface area (Å²) in [6.45, 7) is 2.18. The van der Waals surface area contributed by atoms with Crippen LogP contribution in [0.3, 0.4) is 0 Å². The van der Waals surface area contributed by atoms with Gasteiger partial charge in [-0.25, -0.2) is 0 Å². The molecular formula is C16H22O2S. The van der Waals surface area contributed by atoms with E-state index in [9.17, 15) is 9.90 Å². The summed E-state index contributed by atoms with van der Waals surface area (Å²) in [5, 5.41) is 9.59. The fourth-order valence-electron chi connectivity index (χ4n) is 3.07. The average Bonchev–Trinajstić information content (AvgIpc) is 2.40. The SMILES string of the molecule is CC1CCCC(CCSc2ccccc2)(C(=O)O)C1. The summed E-state index contributed by atoms with van der Waals surface area (Å²) in [6, 6.07) is 10.2. The zero-order valence-electron chi connectivity index (χ0n) is 11.5. The van der Waals surface area contributed by atoms with E-state index in [0.717, 1.165) is 31.4 Å². The molecule has 3 heteroatoms. The molecule has 1 aliphatic rings. The van der Waals surface area contributed by atoms with Crippen molar-refractivity contribution in [2.75, 3.05) is 5.75 Å². The molecule has 19 heavy (non-hydrogen) atoms. The van der Waals surface area contributed by atoms with Crippen molar-refractivity contribution >= 4 is 17.7 Å². The largest absolute Gasteiger partial charge is 0.481 e. The van der Waals surface area contributed by atoms with Gasteiger partial charge in [-0.2, -0.15) is 0 Å². The van der Waals surface area contributed by atoms with E-state index in [1.807, 2.05) is 18.2 Å². The number of hydrogen-bond donors (Lipinski definition) is 1. The summed E-state index contributed by atoms with van der Waals surface area (Å²) < 4.78 is 0. The molecule has 0 saturated heterocycles. The Morgan fingerprint density at radius 1 is 1.42 bits per heavy atom. The number of carboxylic acid groups (broad SMARTS) is 1. The van der Waals surface area contributed by atoms with Crippen LogP contribution in [0.5, 0.6) is 0 Å². The third-order valence-electron chi connectivity index (χ3n) is 4.14. The van der Waals surface area contributed by atoms with Crippen LogP contribution in [0.15, 0.2) is 35.2 Å². The monoisotopic (exact) mass is 278 g/mol. The highest BCUT2D eigenvalue weighted by Crippen LogP contribution is 2.43. The van der Waals surface area contributed by atoms with Crippen LogP contribution in [-0.2, 0) is 4.79 Å². The van der Waals surface area contributed by atoms with Gasteiger partial charge in [-0.3, -0.25) is 4.79 Å². The van der Waals surface area contributed by atoms with Crippen molar-refractivity contribution in [3.05, 3.63) is 30.3 Å². The van der Waals surface area contributed by atoms with Crippen molar-refractivity contribution in [1.82, 2.24) is 0 Å². The third kappa shape index (κ3) is 3.75. The number of aliphatic carboxylic acids is 1. The van der Waals surface area contributed by atoms with Crippen molar-refractivity contribution in [2.45, 2.75) is 43.9 Å². The lowest BCUT2D eigenvalue weighted by molar-refractivity contribution is -0.152. The maximum Gasteiger partial charge on any atom is 0.309 e. The molecule has 1 saturated carbocycles. The Labute approximate surface area is 119 Å². The highest BCUT2D eigenvalue weighted by Gasteiger charge is 2.41. The standard InChI is InChI=1S/C16H22O2S/c1-13-6-5-9-16(12-13,15(17)18)10-11-19-14-7-3-2-4-8-14/h2-4,7-8,13H,5-6,9-12H2,1H3,(H,17,18). The van der Waals surface area contributed by atoms with Gasteiger partial charge < -0.3 is 5.11 Å². The molecule has 0 bridgehead atoms. The number of rotatable bonds is 5. The van der Waals surface area contributed by atoms with Crippen LogP contribution < -0.4 is 0 Å². The van der Waals surface area contributed by atoms with E-state index in [0.29, 0.717) is 5.92 Å². The first-order chi connectivity index (χ1) is 9.12. The molecule has 2 atom stereocenters. The first-order valence-electron chi connectivity index (χ1n) is 7.04. The van der Waals surface area contributed by atoms with Gasteiger partial charge in [0, 0.05) is 4.90 Å². The molecule has 0 heterocycles. The predicted molar refractivity (Wildman–Crippen MR) is 79.5 cm³/mol. The number of benzene rings is 1. The Balaban J connectivity index is 1.92. The minimum absolute atomic E-state index is 0.473. The van der Waals surface area contributed by atoms with Crippen LogP contribution in [0.2, 0.25) is 0 Å².